The normalized spacial score (nSPS) is 19.6. The van der Waals surface area contributed by atoms with Crippen molar-refractivity contribution in [1.82, 2.24) is 5.32 Å². The van der Waals surface area contributed by atoms with Gasteiger partial charge in [-0.25, -0.2) is 0 Å². The summed E-state index contributed by atoms with van der Waals surface area (Å²) < 4.78 is 8.75. The molecule has 4 N–H and O–H groups in total. The summed E-state index contributed by atoms with van der Waals surface area (Å²) in [5, 5.41) is 13.9. The van der Waals surface area contributed by atoms with Gasteiger partial charge in [0.05, 0.1) is 73.8 Å². The molecule has 7 atom stereocenters. The Kier molecular flexibility index (Phi) is 18.0. The van der Waals surface area contributed by atoms with E-state index < -0.39 is 29.6 Å². The molecule has 1 aliphatic rings. The van der Waals surface area contributed by atoms with E-state index in [-0.39, 0.29) is 48.2 Å². The molecule has 0 saturated heterocycles. The molecule has 2 amide bonds. The third-order valence-electron chi connectivity index (χ3n) is 13.3. The summed E-state index contributed by atoms with van der Waals surface area (Å²) >= 11 is 0. The van der Waals surface area contributed by atoms with Gasteiger partial charge >= 0.3 is 11.9 Å². The van der Waals surface area contributed by atoms with Gasteiger partial charge in [-0.2, -0.15) is 0 Å². The summed E-state index contributed by atoms with van der Waals surface area (Å²) in [5.41, 5.74) is 8.64. The lowest BCUT2D eigenvalue weighted by atomic mass is 9.73. The van der Waals surface area contributed by atoms with E-state index in [4.69, 9.17) is 10.5 Å². The molecule has 58 heavy (non-hydrogen) atoms. The Labute approximate surface area is 350 Å². The second-order valence-electron chi connectivity index (χ2n) is 19.3. The van der Waals surface area contributed by atoms with Crippen LogP contribution in [0.3, 0.4) is 0 Å². The molecule has 324 valence electrons. The van der Waals surface area contributed by atoms with E-state index >= 15 is 0 Å². The number of carbonyl (C=O) groups is 4. The number of esters is 1. The predicted octanol–water partition coefficient (Wildman–Crippen LogP) is 6.31. The van der Waals surface area contributed by atoms with Crippen LogP contribution in [0.15, 0.2) is 54.6 Å². The molecular weight excluding hydrogens is 731 g/mol. The molecule has 0 spiro atoms. The molecular formula is C47H78N5O6+3. The van der Waals surface area contributed by atoms with Gasteiger partial charge in [0, 0.05) is 23.1 Å². The van der Waals surface area contributed by atoms with Crippen molar-refractivity contribution in [1.29, 1.82) is 0 Å². The first-order chi connectivity index (χ1) is 27.1. The number of nitrogens with one attached hydrogen (secondary N) is 1. The van der Waals surface area contributed by atoms with E-state index in [0.29, 0.717) is 50.8 Å². The average molecular weight is 809 g/mol. The lowest BCUT2D eigenvalue weighted by Gasteiger charge is -2.37. The molecule has 11 nitrogen and oxygen atoms in total. The molecule has 0 heterocycles. The van der Waals surface area contributed by atoms with Crippen LogP contribution in [0.5, 0.6) is 0 Å². The van der Waals surface area contributed by atoms with Crippen LogP contribution in [-0.4, -0.2) is 129 Å². The number of likely N-dealkylation sites (N-methyl/N-ethyl adjacent to an activating group) is 2. The average Bonchev–Trinajstić information content (AvgIpc) is 3.55. The minimum atomic E-state index is -0.952. The molecule has 0 aliphatic heterocycles. The minimum Gasteiger partial charge on any atom is -0.481 e. The Bertz CT molecular complexity index is 1610. The number of aliphatic carboxylic acids is 1. The van der Waals surface area contributed by atoms with Crippen molar-refractivity contribution >= 4 is 23.8 Å². The van der Waals surface area contributed by atoms with Gasteiger partial charge in [0.1, 0.15) is 19.6 Å². The fourth-order valence-electron chi connectivity index (χ4n) is 8.68. The lowest BCUT2D eigenvalue weighted by Crippen LogP contribution is -2.54. The van der Waals surface area contributed by atoms with E-state index in [9.17, 15) is 24.3 Å². The van der Waals surface area contributed by atoms with Crippen LogP contribution in [0.1, 0.15) is 101 Å². The lowest BCUT2D eigenvalue weighted by molar-refractivity contribution is -0.912. The maximum atomic E-state index is 14.1. The zero-order valence-corrected chi connectivity index (χ0v) is 37.7. The highest BCUT2D eigenvalue weighted by molar-refractivity contribution is 5.94. The Morgan fingerprint density at radius 3 is 1.88 bits per heavy atom. The maximum Gasteiger partial charge on any atom is 0.309 e. The third-order valence-corrected chi connectivity index (χ3v) is 13.3. The van der Waals surface area contributed by atoms with Crippen LogP contribution in [0.25, 0.3) is 0 Å². The molecule has 0 aromatic heterocycles. The van der Waals surface area contributed by atoms with Crippen molar-refractivity contribution in [2.24, 2.45) is 35.3 Å². The van der Waals surface area contributed by atoms with Gasteiger partial charge in [-0.1, -0.05) is 56.3 Å². The van der Waals surface area contributed by atoms with E-state index in [0.717, 1.165) is 45.2 Å². The first-order valence-corrected chi connectivity index (χ1v) is 21.8. The molecule has 7 unspecified atom stereocenters. The zero-order valence-electron chi connectivity index (χ0n) is 37.7. The van der Waals surface area contributed by atoms with Crippen LogP contribution < -0.4 is 11.1 Å². The minimum absolute atomic E-state index is 0.0851. The van der Waals surface area contributed by atoms with Gasteiger partial charge in [0.15, 0.2) is 6.10 Å². The largest absolute Gasteiger partial charge is 0.481 e. The highest BCUT2D eigenvalue weighted by Crippen LogP contribution is 2.46. The molecule has 0 radical (unpaired) electrons. The van der Waals surface area contributed by atoms with Gasteiger partial charge in [0.25, 0.3) is 5.91 Å². The third kappa shape index (κ3) is 14.8. The second-order valence-corrected chi connectivity index (χ2v) is 19.3. The van der Waals surface area contributed by atoms with Gasteiger partial charge in [-0.05, 0) is 94.7 Å². The molecule has 2 aromatic carbocycles. The quantitative estimate of drug-likeness (QED) is 0.0841. The van der Waals surface area contributed by atoms with Gasteiger partial charge < -0.3 is 34.3 Å². The van der Waals surface area contributed by atoms with E-state index in [1.54, 1.807) is 12.1 Å². The number of carboxylic acid groups (broad SMARTS) is 1. The number of carboxylic acids is 1. The predicted molar refractivity (Wildman–Crippen MR) is 231 cm³/mol. The topological polar surface area (TPSA) is 136 Å². The number of hydrogen-bond donors (Lipinski definition) is 3. The molecule has 1 aliphatic carbocycles. The number of benzene rings is 2. The van der Waals surface area contributed by atoms with Crippen LogP contribution in [0, 0.1) is 29.6 Å². The highest BCUT2D eigenvalue weighted by Gasteiger charge is 2.44. The molecule has 3 rings (SSSR count). The Morgan fingerprint density at radius 2 is 1.38 bits per heavy atom. The number of nitrogens with zero attached hydrogens (tertiary/aromatic N) is 3. The van der Waals surface area contributed by atoms with Crippen LogP contribution >= 0.6 is 0 Å². The van der Waals surface area contributed by atoms with Gasteiger partial charge in [0.2, 0.25) is 5.91 Å². The first-order valence-electron chi connectivity index (χ1n) is 21.8. The SMILES string of the molecule is CCC(CC(C(=O)O)C1CC(NC(=O)c2ccccc2)CC1CC(CC(C)C(=O)OC(C[N+](C)(C)CC)C[N+](C)(C)CC)c1ccc(C[N+](C)(C)CC)cc1)C(N)=O. The summed E-state index contributed by atoms with van der Waals surface area (Å²) in [6.45, 7) is 15.5. The van der Waals surface area contributed by atoms with Crippen LogP contribution in [0.2, 0.25) is 0 Å². The molecule has 1 fully saturated rings. The van der Waals surface area contributed by atoms with Gasteiger partial charge in [-0.15, -0.1) is 0 Å². The standard InChI is InChI=1S/C47H75N5O6/c1-12-35(44(48)53)28-43(46(55)56)42-29-40(49-45(54)37-19-17-16-18-20-37)27-39(42)26-38(36-23-21-34(22-24-36)30-50(6,7)13-2)25-33(5)47(57)58-41(31-51(8,9)14-3)32-52(10,11)15-4/h16-24,33,35,38-43H,12-15,25-32H2,1-11H3,(H-3,48,49,53,54,55,56)/p+3. The number of carbonyl (C=O) groups excluding carboxylic acids is 3. The first kappa shape index (κ1) is 48.6. The highest BCUT2D eigenvalue weighted by atomic mass is 16.5. The fourth-order valence-corrected chi connectivity index (χ4v) is 8.68. The van der Waals surface area contributed by atoms with Crippen molar-refractivity contribution in [3.8, 4) is 0 Å². The smallest absolute Gasteiger partial charge is 0.309 e. The molecule has 1 saturated carbocycles. The number of primary amides is 1. The number of quaternary nitrogens is 3. The Balaban J connectivity index is 2.02. The van der Waals surface area contributed by atoms with Crippen molar-refractivity contribution in [3.05, 3.63) is 71.3 Å². The summed E-state index contributed by atoms with van der Waals surface area (Å²) in [6, 6.07) is 17.5. The molecule has 2 aromatic rings. The number of ether oxygens (including phenoxy) is 1. The van der Waals surface area contributed by atoms with Crippen molar-refractivity contribution < 1.29 is 42.5 Å². The number of rotatable bonds is 24. The van der Waals surface area contributed by atoms with Crippen molar-refractivity contribution in [2.75, 3.05) is 75.0 Å². The molecule has 11 heteroatoms. The van der Waals surface area contributed by atoms with Crippen molar-refractivity contribution in [3.63, 3.8) is 0 Å². The van der Waals surface area contributed by atoms with E-state index in [2.05, 4.69) is 92.6 Å². The van der Waals surface area contributed by atoms with Crippen LogP contribution in [0.4, 0.5) is 0 Å². The number of hydrogen-bond acceptors (Lipinski definition) is 5. The molecule has 0 bridgehead atoms. The summed E-state index contributed by atoms with van der Waals surface area (Å²) in [5.74, 6) is -4.15. The zero-order chi connectivity index (χ0) is 43.4. The second kappa shape index (κ2) is 21.5. The Hall–Kier alpha value is -3.80. The summed E-state index contributed by atoms with van der Waals surface area (Å²) in [7, 11) is 13.1. The number of nitrogens with two attached hydrogens (primary N) is 1. The monoisotopic (exact) mass is 809 g/mol. The van der Waals surface area contributed by atoms with E-state index in [1.807, 2.05) is 32.0 Å². The van der Waals surface area contributed by atoms with Crippen molar-refractivity contribution in [2.45, 2.75) is 97.8 Å². The number of amides is 2. The van der Waals surface area contributed by atoms with Crippen LogP contribution in [-0.2, 0) is 25.7 Å². The summed E-state index contributed by atoms with van der Waals surface area (Å²) in [6.07, 6.45) is 2.56. The summed E-state index contributed by atoms with van der Waals surface area (Å²) in [4.78, 5) is 53.1. The van der Waals surface area contributed by atoms with Gasteiger partial charge in [-0.3, -0.25) is 19.2 Å². The van der Waals surface area contributed by atoms with E-state index in [1.165, 1.54) is 5.56 Å². The fraction of sp³-hybridized carbons (Fsp3) is 0.660. The maximum absolute atomic E-state index is 14.1. The Morgan fingerprint density at radius 1 is 0.810 bits per heavy atom.